The van der Waals surface area contributed by atoms with E-state index in [-0.39, 0.29) is 11.7 Å². The number of carbonyl (C=O) groups is 1. The molecule has 0 atom stereocenters. The summed E-state index contributed by atoms with van der Waals surface area (Å²) in [7, 11) is 1.52. The van der Waals surface area contributed by atoms with Gasteiger partial charge in [-0.1, -0.05) is 29.3 Å². The summed E-state index contributed by atoms with van der Waals surface area (Å²) in [6.07, 6.45) is 1.44. The number of hydrogen-bond acceptors (Lipinski definition) is 4. The van der Waals surface area contributed by atoms with Crippen LogP contribution in [0.4, 0.5) is 5.69 Å². The number of rotatable bonds is 6. The number of methoxy groups -OCH3 is 1. The molecule has 0 spiro atoms. The number of halogens is 2. The highest BCUT2D eigenvalue weighted by Gasteiger charge is 2.13. The van der Waals surface area contributed by atoms with Gasteiger partial charge in [0.25, 0.3) is 5.91 Å². The van der Waals surface area contributed by atoms with Crippen LogP contribution in [0.5, 0.6) is 11.5 Å². The van der Waals surface area contributed by atoms with Crippen LogP contribution >= 0.6 is 23.2 Å². The minimum atomic E-state index is -0.594. The van der Waals surface area contributed by atoms with Crippen LogP contribution in [-0.4, -0.2) is 19.1 Å². The van der Waals surface area contributed by atoms with E-state index in [4.69, 9.17) is 32.7 Å². The van der Waals surface area contributed by atoms with E-state index in [2.05, 4.69) is 5.32 Å². The average Bonchev–Trinajstić information content (AvgIpc) is 2.63. The zero-order valence-corrected chi connectivity index (χ0v) is 16.6. The molecule has 0 aliphatic carbocycles. The Balaban J connectivity index is 2.28. The first-order chi connectivity index (χ1) is 12.8. The highest BCUT2D eigenvalue weighted by Crippen LogP contribution is 2.30. The van der Waals surface area contributed by atoms with E-state index in [9.17, 15) is 10.1 Å². The van der Waals surface area contributed by atoms with E-state index in [1.54, 1.807) is 30.3 Å². The van der Waals surface area contributed by atoms with Crippen molar-refractivity contribution in [2.45, 2.75) is 20.0 Å². The Morgan fingerprint density at radius 2 is 1.93 bits per heavy atom. The van der Waals surface area contributed by atoms with Crippen molar-refractivity contribution in [1.29, 1.82) is 5.26 Å². The van der Waals surface area contributed by atoms with Gasteiger partial charge in [0.2, 0.25) is 0 Å². The van der Waals surface area contributed by atoms with Gasteiger partial charge in [0.05, 0.1) is 23.9 Å². The quantitative estimate of drug-likeness (QED) is 0.521. The molecule has 2 aromatic rings. The summed E-state index contributed by atoms with van der Waals surface area (Å²) in [6, 6.07) is 11.7. The highest BCUT2D eigenvalue weighted by atomic mass is 35.5. The lowest BCUT2D eigenvalue weighted by Gasteiger charge is -2.14. The van der Waals surface area contributed by atoms with Gasteiger partial charge in [-0.05, 0) is 55.8 Å². The minimum Gasteiger partial charge on any atom is -0.493 e. The maximum Gasteiger partial charge on any atom is 0.266 e. The molecule has 0 fully saturated rings. The maximum absolute atomic E-state index is 12.4. The first-order valence-corrected chi connectivity index (χ1v) is 8.82. The van der Waals surface area contributed by atoms with Gasteiger partial charge in [-0.15, -0.1) is 0 Å². The van der Waals surface area contributed by atoms with Gasteiger partial charge < -0.3 is 14.8 Å². The number of benzene rings is 2. The summed E-state index contributed by atoms with van der Waals surface area (Å²) in [5.74, 6) is 0.495. The molecule has 1 N–H and O–H groups in total. The molecule has 0 aliphatic rings. The van der Waals surface area contributed by atoms with Crippen molar-refractivity contribution < 1.29 is 14.3 Å². The molecule has 0 aromatic heterocycles. The third kappa shape index (κ3) is 5.65. The van der Waals surface area contributed by atoms with E-state index < -0.39 is 5.91 Å². The van der Waals surface area contributed by atoms with Gasteiger partial charge in [0, 0.05) is 5.02 Å². The molecule has 2 aromatic carbocycles. The van der Waals surface area contributed by atoms with Gasteiger partial charge in [0.15, 0.2) is 11.5 Å². The first-order valence-electron chi connectivity index (χ1n) is 8.07. The van der Waals surface area contributed by atoms with E-state index >= 15 is 0 Å². The fraction of sp³-hybridized carbons (Fsp3) is 0.200. The largest absolute Gasteiger partial charge is 0.493 e. The second-order valence-corrected chi connectivity index (χ2v) is 6.67. The monoisotopic (exact) mass is 404 g/mol. The molecule has 5 nitrogen and oxygen atoms in total. The zero-order valence-electron chi connectivity index (χ0n) is 15.0. The zero-order chi connectivity index (χ0) is 20.0. The Labute approximate surface area is 168 Å². The van der Waals surface area contributed by atoms with Gasteiger partial charge in [-0.25, -0.2) is 0 Å². The number of nitriles is 1. The van der Waals surface area contributed by atoms with E-state index in [0.717, 1.165) is 0 Å². The molecule has 0 bridgehead atoms. The van der Waals surface area contributed by atoms with Crippen molar-refractivity contribution in [1.82, 2.24) is 0 Å². The van der Waals surface area contributed by atoms with E-state index in [1.807, 2.05) is 19.9 Å². The molecule has 27 heavy (non-hydrogen) atoms. The third-order valence-electron chi connectivity index (χ3n) is 3.40. The van der Waals surface area contributed by atoms with Crippen LogP contribution in [0.1, 0.15) is 19.4 Å². The van der Waals surface area contributed by atoms with Gasteiger partial charge in [-0.3, -0.25) is 4.79 Å². The van der Waals surface area contributed by atoms with Crippen molar-refractivity contribution in [2.75, 3.05) is 12.4 Å². The topological polar surface area (TPSA) is 71.3 Å². The van der Waals surface area contributed by atoms with Crippen LogP contribution in [0.15, 0.2) is 42.0 Å². The lowest BCUT2D eigenvalue weighted by atomic mass is 10.1. The summed E-state index contributed by atoms with van der Waals surface area (Å²) >= 11 is 12.0. The summed E-state index contributed by atoms with van der Waals surface area (Å²) < 4.78 is 11.0. The summed E-state index contributed by atoms with van der Waals surface area (Å²) in [5, 5.41) is 12.7. The van der Waals surface area contributed by atoms with Gasteiger partial charge in [-0.2, -0.15) is 5.26 Å². The van der Waals surface area contributed by atoms with Crippen molar-refractivity contribution in [3.05, 3.63) is 57.6 Å². The van der Waals surface area contributed by atoms with Crippen molar-refractivity contribution in [3.63, 3.8) is 0 Å². The van der Waals surface area contributed by atoms with Crippen LogP contribution < -0.4 is 14.8 Å². The number of nitrogens with zero attached hydrogens (tertiary/aromatic N) is 1. The molecule has 7 heteroatoms. The van der Waals surface area contributed by atoms with Crippen molar-refractivity contribution in [3.8, 4) is 17.6 Å². The Bertz CT molecular complexity index is 918. The number of carbonyl (C=O) groups excluding carboxylic acids is 1. The molecule has 0 aliphatic heterocycles. The molecular formula is C20H18Cl2N2O3. The third-order valence-corrected chi connectivity index (χ3v) is 3.97. The molecule has 0 heterocycles. The molecule has 2 rings (SSSR count). The SMILES string of the molecule is COc1cc(/C=C(/C#N)C(=O)Nc2cc(Cl)ccc2Cl)ccc1OC(C)C. The number of anilines is 1. The highest BCUT2D eigenvalue weighted by molar-refractivity contribution is 6.36. The number of ether oxygens (including phenoxy) is 2. The normalized spacial score (nSPS) is 11.1. The fourth-order valence-corrected chi connectivity index (χ4v) is 2.56. The van der Waals surface area contributed by atoms with E-state index in [1.165, 1.54) is 19.3 Å². The Hall–Kier alpha value is -2.68. The van der Waals surface area contributed by atoms with E-state index in [0.29, 0.717) is 32.8 Å². The first kappa shape index (κ1) is 20.6. The lowest BCUT2D eigenvalue weighted by Crippen LogP contribution is -2.13. The maximum atomic E-state index is 12.4. The summed E-state index contributed by atoms with van der Waals surface area (Å²) in [4.78, 5) is 12.4. The number of amides is 1. The molecule has 0 unspecified atom stereocenters. The second-order valence-electron chi connectivity index (χ2n) is 5.83. The second kappa shape index (κ2) is 9.31. The van der Waals surface area contributed by atoms with Crippen LogP contribution in [0.3, 0.4) is 0 Å². The molecule has 1 amide bonds. The Morgan fingerprint density at radius 3 is 2.56 bits per heavy atom. The van der Waals surface area contributed by atoms with Crippen molar-refractivity contribution >= 4 is 40.9 Å². The average molecular weight is 405 g/mol. The standard InChI is InChI=1S/C20H18Cl2N2O3/c1-12(2)27-18-7-4-13(9-19(18)26-3)8-14(11-23)20(25)24-17-10-15(21)5-6-16(17)22/h4-10,12H,1-3H3,(H,24,25)/b14-8-. The lowest BCUT2D eigenvalue weighted by molar-refractivity contribution is -0.112. The smallest absolute Gasteiger partial charge is 0.266 e. The fourth-order valence-electron chi connectivity index (χ4n) is 2.22. The minimum absolute atomic E-state index is 0.0109. The summed E-state index contributed by atoms with van der Waals surface area (Å²) in [5.41, 5.74) is 0.853. The molecule has 0 saturated heterocycles. The van der Waals surface area contributed by atoms with Crippen LogP contribution in [0, 0.1) is 11.3 Å². The molecule has 0 saturated carbocycles. The van der Waals surface area contributed by atoms with Crippen LogP contribution in [0.25, 0.3) is 6.08 Å². The molecule has 140 valence electrons. The van der Waals surface area contributed by atoms with Crippen LogP contribution in [0.2, 0.25) is 10.0 Å². The van der Waals surface area contributed by atoms with Gasteiger partial charge in [0.1, 0.15) is 11.6 Å². The Kier molecular flexibility index (Phi) is 7.12. The molecule has 0 radical (unpaired) electrons. The summed E-state index contributed by atoms with van der Waals surface area (Å²) in [6.45, 7) is 3.82. The van der Waals surface area contributed by atoms with Gasteiger partial charge >= 0.3 is 0 Å². The van der Waals surface area contributed by atoms with Crippen molar-refractivity contribution in [2.24, 2.45) is 0 Å². The number of hydrogen-bond donors (Lipinski definition) is 1. The van der Waals surface area contributed by atoms with Crippen LogP contribution in [-0.2, 0) is 4.79 Å². The predicted molar refractivity (Wildman–Crippen MR) is 107 cm³/mol. The number of nitrogens with one attached hydrogen (secondary N) is 1. The molecular weight excluding hydrogens is 387 g/mol. The Morgan fingerprint density at radius 1 is 1.19 bits per heavy atom. The predicted octanol–water partition coefficient (Wildman–Crippen LogP) is 5.33.